The molecule has 2 aromatic rings. The topological polar surface area (TPSA) is 58.5 Å². The van der Waals surface area contributed by atoms with Crippen molar-refractivity contribution in [3.63, 3.8) is 0 Å². The number of nitrogens with zero attached hydrogens (tertiary/aromatic N) is 3. The summed E-state index contributed by atoms with van der Waals surface area (Å²) in [6, 6.07) is 3.04. The van der Waals surface area contributed by atoms with Crippen LogP contribution in [0.25, 0.3) is 0 Å². The third-order valence-electron chi connectivity index (χ3n) is 5.70. The summed E-state index contributed by atoms with van der Waals surface area (Å²) in [5.74, 6) is 0.721. The van der Waals surface area contributed by atoms with Crippen LogP contribution >= 0.6 is 11.6 Å². The van der Waals surface area contributed by atoms with Crippen molar-refractivity contribution in [1.29, 1.82) is 0 Å². The summed E-state index contributed by atoms with van der Waals surface area (Å²) < 4.78 is 43.6. The van der Waals surface area contributed by atoms with Crippen LogP contribution in [0.15, 0.2) is 30.7 Å². The third-order valence-corrected chi connectivity index (χ3v) is 5.99. The number of aliphatic hydroxyl groups is 1. The Hall–Kier alpha value is -2.06. The maximum Gasteiger partial charge on any atom is 0.434 e. The number of pyridine rings is 2. The van der Waals surface area contributed by atoms with Crippen molar-refractivity contribution in [3.8, 4) is 5.75 Å². The molecule has 4 rings (SSSR count). The highest BCUT2D eigenvalue weighted by Crippen LogP contribution is 2.57. The minimum Gasteiger partial charge on any atom is -0.496 e. The van der Waals surface area contributed by atoms with Crippen molar-refractivity contribution in [2.75, 3.05) is 25.1 Å². The SMILES string of the molecule is COc1ccncc1C(O)C1CC2(C1)CN(c1cnc(C(F)(F)F)c(Cl)c1)C2. The van der Waals surface area contributed by atoms with Crippen LogP contribution in [0.2, 0.25) is 5.02 Å². The van der Waals surface area contributed by atoms with Crippen molar-refractivity contribution in [3.05, 3.63) is 47.0 Å². The van der Waals surface area contributed by atoms with Crippen LogP contribution in [-0.2, 0) is 6.18 Å². The minimum absolute atomic E-state index is 0.0796. The lowest BCUT2D eigenvalue weighted by Crippen LogP contribution is -2.63. The molecular formula is C19H19ClF3N3O2. The number of halogens is 4. The Morgan fingerprint density at radius 2 is 2.04 bits per heavy atom. The molecule has 0 radical (unpaired) electrons. The molecule has 0 bridgehead atoms. The number of methoxy groups -OCH3 is 1. The van der Waals surface area contributed by atoms with Crippen molar-refractivity contribution in [1.82, 2.24) is 9.97 Å². The van der Waals surface area contributed by atoms with Crippen LogP contribution in [0.4, 0.5) is 18.9 Å². The molecule has 2 aliphatic rings. The Labute approximate surface area is 165 Å². The van der Waals surface area contributed by atoms with Gasteiger partial charge in [-0.1, -0.05) is 11.6 Å². The first-order valence-corrected chi connectivity index (χ1v) is 9.24. The zero-order chi connectivity index (χ0) is 20.1. The first kappa shape index (κ1) is 19.3. The second kappa shape index (κ2) is 6.77. The van der Waals surface area contributed by atoms with Gasteiger partial charge >= 0.3 is 6.18 Å². The Morgan fingerprint density at radius 1 is 1.32 bits per heavy atom. The van der Waals surface area contributed by atoms with Gasteiger partial charge in [0.1, 0.15) is 5.75 Å². The van der Waals surface area contributed by atoms with Gasteiger partial charge < -0.3 is 14.7 Å². The van der Waals surface area contributed by atoms with Gasteiger partial charge in [0, 0.05) is 36.5 Å². The summed E-state index contributed by atoms with van der Waals surface area (Å²) in [7, 11) is 1.56. The first-order valence-electron chi connectivity index (χ1n) is 8.86. The van der Waals surface area contributed by atoms with Crippen molar-refractivity contribution < 1.29 is 23.0 Å². The number of rotatable bonds is 4. The Bertz CT molecular complexity index is 879. The number of aliphatic hydroxyl groups excluding tert-OH is 1. The van der Waals surface area contributed by atoms with Gasteiger partial charge in [-0.3, -0.25) is 4.98 Å². The molecule has 9 heteroatoms. The fourth-order valence-corrected chi connectivity index (χ4v) is 4.61. The average Bonchev–Trinajstić information content (AvgIpc) is 2.58. The van der Waals surface area contributed by atoms with Crippen LogP contribution in [0.1, 0.15) is 30.2 Å². The van der Waals surface area contributed by atoms with E-state index in [4.69, 9.17) is 16.3 Å². The summed E-state index contributed by atoms with van der Waals surface area (Å²) in [5, 5.41) is 10.3. The molecule has 1 saturated heterocycles. The fraction of sp³-hybridized carbons (Fsp3) is 0.474. The first-order chi connectivity index (χ1) is 13.2. The van der Waals surface area contributed by atoms with Crippen LogP contribution in [0, 0.1) is 11.3 Å². The van der Waals surface area contributed by atoms with Gasteiger partial charge in [-0.2, -0.15) is 13.2 Å². The van der Waals surface area contributed by atoms with Gasteiger partial charge in [-0.15, -0.1) is 0 Å². The molecule has 2 fully saturated rings. The van der Waals surface area contributed by atoms with Gasteiger partial charge in [-0.05, 0) is 30.9 Å². The lowest BCUT2D eigenvalue weighted by atomic mass is 9.55. The smallest absolute Gasteiger partial charge is 0.434 e. The van der Waals surface area contributed by atoms with E-state index in [1.54, 1.807) is 25.6 Å². The summed E-state index contributed by atoms with van der Waals surface area (Å²) in [6.45, 7) is 1.42. The fourth-order valence-electron chi connectivity index (χ4n) is 4.35. The zero-order valence-corrected chi connectivity index (χ0v) is 15.8. The van der Waals surface area contributed by atoms with E-state index in [1.807, 2.05) is 4.90 Å². The maximum absolute atomic E-state index is 12.8. The van der Waals surface area contributed by atoms with E-state index in [0.29, 0.717) is 30.1 Å². The zero-order valence-electron chi connectivity index (χ0n) is 15.1. The number of ether oxygens (including phenoxy) is 1. The normalized spacial score (nSPS) is 19.9. The van der Waals surface area contributed by atoms with E-state index >= 15 is 0 Å². The minimum atomic E-state index is -4.56. The predicted octanol–water partition coefficient (Wildman–Crippen LogP) is 4.11. The molecule has 1 saturated carbocycles. The summed E-state index contributed by atoms with van der Waals surface area (Å²) >= 11 is 5.76. The monoisotopic (exact) mass is 413 g/mol. The van der Waals surface area contributed by atoms with Crippen LogP contribution in [0.5, 0.6) is 5.75 Å². The summed E-state index contributed by atoms with van der Waals surface area (Å²) in [4.78, 5) is 9.51. The van der Waals surface area contributed by atoms with Gasteiger partial charge in [0.15, 0.2) is 5.69 Å². The highest BCUT2D eigenvalue weighted by Gasteiger charge is 2.54. The average molecular weight is 414 g/mol. The summed E-state index contributed by atoms with van der Waals surface area (Å²) in [5.41, 5.74) is 0.280. The van der Waals surface area contributed by atoms with Crippen molar-refractivity contribution in [2.45, 2.75) is 25.1 Å². The maximum atomic E-state index is 12.8. The van der Waals surface area contributed by atoms with Crippen molar-refractivity contribution in [2.24, 2.45) is 11.3 Å². The van der Waals surface area contributed by atoms with Gasteiger partial charge in [0.2, 0.25) is 0 Å². The molecule has 1 unspecified atom stereocenters. The van der Waals surface area contributed by atoms with E-state index in [9.17, 15) is 18.3 Å². The molecule has 1 N–H and O–H groups in total. The summed E-state index contributed by atoms with van der Waals surface area (Å²) in [6.07, 6.45) is 0.922. The number of anilines is 1. The number of hydrogen-bond acceptors (Lipinski definition) is 5. The second-order valence-electron chi connectivity index (χ2n) is 7.61. The predicted molar refractivity (Wildman–Crippen MR) is 97.4 cm³/mol. The quantitative estimate of drug-likeness (QED) is 0.817. The molecule has 1 spiro atoms. The number of aromatic nitrogens is 2. The molecule has 0 amide bonds. The molecule has 1 aliphatic heterocycles. The molecule has 5 nitrogen and oxygen atoms in total. The van der Waals surface area contributed by atoms with E-state index in [1.165, 1.54) is 12.3 Å². The highest BCUT2D eigenvalue weighted by molar-refractivity contribution is 6.31. The lowest BCUT2D eigenvalue weighted by molar-refractivity contribution is -0.141. The molecule has 3 heterocycles. The molecule has 150 valence electrons. The molecule has 28 heavy (non-hydrogen) atoms. The highest BCUT2D eigenvalue weighted by atomic mass is 35.5. The van der Waals surface area contributed by atoms with E-state index in [-0.39, 0.29) is 11.3 Å². The van der Waals surface area contributed by atoms with Crippen LogP contribution < -0.4 is 9.64 Å². The van der Waals surface area contributed by atoms with E-state index in [2.05, 4.69) is 9.97 Å². The van der Waals surface area contributed by atoms with Gasteiger partial charge in [0.05, 0.1) is 30.1 Å². The second-order valence-corrected chi connectivity index (χ2v) is 8.02. The van der Waals surface area contributed by atoms with E-state index < -0.39 is 23.0 Å². The Balaban J connectivity index is 1.37. The van der Waals surface area contributed by atoms with Crippen LogP contribution in [-0.4, -0.2) is 35.3 Å². The molecular weight excluding hydrogens is 395 g/mol. The Morgan fingerprint density at radius 3 is 2.64 bits per heavy atom. The lowest BCUT2D eigenvalue weighted by Gasteiger charge is -2.60. The largest absolute Gasteiger partial charge is 0.496 e. The molecule has 2 aromatic heterocycles. The third kappa shape index (κ3) is 3.28. The van der Waals surface area contributed by atoms with Gasteiger partial charge in [-0.25, -0.2) is 4.98 Å². The molecule has 1 atom stereocenters. The standard InChI is InChI=1S/C19H19ClF3N3O2/c1-28-15-2-3-24-8-13(15)16(27)11-5-18(6-11)9-26(10-18)12-4-14(20)17(25-7-12)19(21,22)23/h2-4,7-8,11,16,27H,5-6,9-10H2,1H3. The number of hydrogen-bond donors (Lipinski definition) is 1. The Kier molecular flexibility index (Phi) is 4.66. The molecule has 0 aromatic carbocycles. The number of alkyl halides is 3. The van der Waals surface area contributed by atoms with Gasteiger partial charge in [0.25, 0.3) is 0 Å². The van der Waals surface area contributed by atoms with Crippen LogP contribution in [0.3, 0.4) is 0 Å². The molecule has 1 aliphatic carbocycles. The van der Waals surface area contributed by atoms with Crippen molar-refractivity contribution >= 4 is 17.3 Å². The van der Waals surface area contributed by atoms with E-state index in [0.717, 1.165) is 12.8 Å².